The van der Waals surface area contributed by atoms with Crippen molar-refractivity contribution in [2.75, 3.05) is 32.6 Å². The molecule has 0 spiro atoms. The Morgan fingerprint density at radius 1 is 1.40 bits per heavy atom. The summed E-state index contributed by atoms with van der Waals surface area (Å²) in [4.78, 5) is 11.1. The number of anilines is 1. The van der Waals surface area contributed by atoms with Crippen molar-refractivity contribution in [1.82, 2.24) is 15.6 Å². The van der Waals surface area contributed by atoms with Crippen molar-refractivity contribution in [3.63, 3.8) is 0 Å². The Morgan fingerprint density at radius 3 is 2.92 bits per heavy atom. The first-order valence-electron chi connectivity index (χ1n) is 9.15. The van der Waals surface area contributed by atoms with Crippen molar-refractivity contribution in [1.29, 1.82) is 0 Å². The van der Waals surface area contributed by atoms with Crippen molar-refractivity contribution in [3.8, 4) is 0 Å². The van der Waals surface area contributed by atoms with E-state index in [1.165, 1.54) is 6.42 Å². The normalized spacial score (nSPS) is 27.9. The average Bonchev–Trinajstić information content (AvgIpc) is 2.62. The maximum Gasteiger partial charge on any atom is 0.191 e. The molecule has 0 bridgehead atoms. The minimum absolute atomic E-state index is 0.131. The van der Waals surface area contributed by atoms with Crippen molar-refractivity contribution in [2.45, 2.75) is 45.4 Å². The number of guanidine groups is 1. The van der Waals surface area contributed by atoms with Crippen LogP contribution in [0, 0.1) is 11.3 Å². The molecule has 3 unspecified atom stereocenters. The van der Waals surface area contributed by atoms with E-state index in [2.05, 4.69) is 34.5 Å². The monoisotopic (exact) mass is 345 g/mol. The second-order valence-electron chi connectivity index (χ2n) is 7.85. The van der Waals surface area contributed by atoms with Crippen LogP contribution in [-0.2, 0) is 11.3 Å². The Kier molecular flexibility index (Phi) is 5.18. The fourth-order valence-corrected chi connectivity index (χ4v) is 4.15. The number of aliphatic imine (C=N–C) groups is 1. The second-order valence-corrected chi connectivity index (χ2v) is 7.85. The number of aromatic nitrogens is 1. The molecule has 6 heteroatoms. The molecule has 1 aliphatic carbocycles. The molecule has 1 aliphatic heterocycles. The average molecular weight is 345 g/mol. The summed E-state index contributed by atoms with van der Waals surface area (Å²) in [7, 11) is 5.82. The van der Waals surface area contributed by atoms with Gasteiger partial charge in [-0.1, -0.05) is 19.9 Å². The summed E-state index contributed by atoms with van der Waals surface area (Å²) >= 11 is 0. The zero-order valence-electron chi connectivity index (χ0n) is 16.0. The first kappa shape index (κ1) is 18.0. The molecule has 2 aliphatic rings. The number of nitrogens with one attached hydrogen (secondary N) is 2. The van der Waals surface area contributed by atoms with Crippen LogP contribution in [0.3, 0.4) is 0 Å². The van der Waals surface area contributed by atoms with Crippen LogP contribution in [0.5, 0.6) is 0 Å². The van der Waals surface area contributed by atoms with Crippen molar-refractivity contribution in [2.24, 2.45) is 16.3 Å². The molecule has 1 aromatic heterocycles. The van der Waals surface area contributed by atoms with Gasteiger partial charge in [-0.15, -0.1) is 0 Å². The fraction of sp³-hybridized carbons (Fsp3) is 0.684. The number of hydrogen-bond acceptors (Lipinski definition) is 4. The highest BCUT2D eigenvalue weighted by Crippen LogP contribution is 2.51. The maximum absolute atomic E-state index is 5.99. The molecule has 6 nitrogen and oxygen atoms in total. The maximum atomic E-state index is 5.99. The molecule has 0 aromatic carbocycles. The molecular weight excluding hydrogens is 314 g/mol. The lowest BCUT2D eigenvalue weighted by Gasteiger charge is -2.60. The van der Waals surface area contributed by atoms with Crippen molar-refractivity contribution in [3.05, 3.63) is 23.9 Å². The third-order valence-electron chi connectivity index (χ3n) is 5.53. The van der Waals surface area contributed by atoms with Crippen LogP contribution in [0.25, 0.3) is 0 Å². The van der Waals surface area contributed by atoms with Gasteiger partial charge in [0.15, 0.2) is 5.96 Å². The molecule has 1 saturated carbocycles. The van der Waals surface area contributed by atoms with Crippen LogP contribution in [0.2, 0.25) is 0 Å². The molecule has 0 radical (unpaired) electrons. The smallest absolute Gasteiger partial charge is 0.191 e. The molecule has 2 heterocycles. The van der Waals surface area contributed by atoms with E-state index in [0.29, 0.717) is 24.6 Å². The summed E-state index contributed by atoms with van der Waals surface area (Å²) in [6, 6.07) is 6.47. The lowest BCUT2D eigenvalue weighted by atomic mass is 9.55. The predicted octanol–water partition coefficient (Wildman–Crippen LogP) is 2.02. The Balaban J connectivity index is 1.59. The molecule has 1 saturated heterocycles. The van der Waals surface area contributed by atoms with E-state index in [-0.39, 0.29) is 5.41 Å². The van der Waals surface area contributed by atoms with Gasteiger partial charge in [-0.3, -0.25) is 4.99 Å². The largest absolute Gasteiger partial charge is 0.377 e. The molecule has 3 atom stereocenters. The quantitative estimate of drug-likeness (QED) is 0.646. The SMILES string of the molecule is CN=C(NCc1cccc(N(C)C)n1)NC1C2CCCOC2C1(C)C. The number of ether oxygens (including phenoxy) is 1. The number of rotatable bonds is 4. The number of hydrogen-bond donors (Lipinski definition) is 2. The number of nitrogens with zero attached hydrogens (tertiary/aromatic N) is 3. The van der Waals surface area contributed by atoms with Gasteiger partial charge in [-0.05, 0) is 25.0 Å². The number of fused-ring (bicyclic) bond motifs is 1. The Bertz CT molecular complexity index is 628. The summed E-state index contributed by atoms with van der Waals surface area (Å²) < 4.78 is 5.99. The highest BCUT2D eigenvalue weighted by molar-refractivity contribution is 5.80. The molecule has 2 fully saturated rings. The summed E-state index contributed by atoms with van der Waals surface area (Å²) in [5, 5.41) is 7.02. The van der Waals surface area contributed by atoms with E-state index in [1.54, 1.807) is 0 Å². The van der Waals surface area contributed by atoms with E-state index in [4.69, 9.17) is 4.74 Å². The molecular formula is C19H31N5O. The molecule has 138 valence electrons. The van der Waals surface area contributed by atoms with Gasteiger partial charge in [-0.25, -0.2) is 4.98 Å². The van der Waals surface area contributed by atoms with Crippen LogP contribution in [0.15, 0.2) is 23.2 Å². The van der Waals surface area contributed by atoms with E-state index >= 15 is 0 Å². The third-order valence-corrected chi connectivity index (χ3v) is 5.53. The molecule has 3 rings (SSSR count). The predicted molar refractivity (Wildman–Crippen MR) is 102 cm³/mol. The van der Waals surface area contributed by atoms with E-state index in [1.807, 2.05) is 44.2 Å². The lowest BCUT2D eigenvalue weighted by molar-refractivity contribution is -0.188. The van der Waals surface area contributed by atoms with Gasteiger partial charge in [0.2, 0.25) is 0 Å². The van der Waals surface area contributed by atoms with Gasteiger partial charge in [0.1, 0.15) is 5.82 Å². The minimum atomic E-state index is 0.131. The minimum Gasteiger partial charge on any atom is -0.377 e. The lowest BCUT2D eigenvalue weighted by Crippen LogP contribution is -2.71. The topological polar surface area (TPSA) is 61.8 Å². The number of pyridine rings is 1. The summed E-state index contributed by atoms with van der Waals surface area (Å²) in [5.41, 5.74) is 1.13. The van der Waals surface area contributed by atoms with Gasteiger partial charge in [0.05, 0.1) is 18.3 Å². The third kappa shape index (κ3) is 3.59. The standard InChI is InChI=1S/C19H31N5O/c1-19(2)16(14-9-7-11-25-17(14)19)23-18(20-3)21-12-13-8-6-10-15(22-13)24(4)5/h6,8,10,14,16-17H,7,9,11-12H2,1-5H3,(H2,20,21,23). The van der Waals surface area contributed by atoms with Gasteiger partial charge in [-0.2, -0.15) is 0 Å². The first-order chi connectivity index (χ1) is 11.9. The summed E-state index contributed by atoms with van der Waals surface area (Å²) in [5.74, 6) is 2.38. The zero-order valence-corrected chi connectivity index (χ0v) is 16.0. The van der Waals surface area contributed by atoms with Crippen molar-refractivity contribution < 1.29 is 4.74 Å². The second kappa shape index (κ2) is 7.20. The Hall–Kier alpha value is -1.82. The highest BCUT2D eigenvalue weighted by atomic mass is 16.5. The van der Waals surface area contributed by atoms with Crippen LogP contribution < -0.4 is 15.5 Å². The molecule has 2 N–H and O–H groups in total. The molecule has 1 aromatic rings. The Labute approximate surface area is 151 Å². The summed E-state index contributed by atoms with van der Waals surface area (Å²) in [6.45, 7) is 6.12. The molecule has 0 amide bonds. The van der Waals surface area contributed by atoms with Gasteiger partial charge >= 0.3 is 0 Å². The van der Waals surface area contributed by atoms with Crippen LogP contribution in [-0.4, -0.2) is 50.8 Å². The zero-order chi connectivity index (χ0) is 18.0. The van der Waals surface area contributed by atoms with E-state index < -0.39 is 0 Å². The van der Waals surface area contributed by atoms with Crippen LogP contribution >= 0.6 is 0 Å². The van der Waals surface area contributed by atoms with Gasteiger partial charge in [0.25, 0.3) is 0 Å². The van der Waals surface area contributed by atoms with Gasteiger partial charge in [0, 0.05) is 45.1 Å². The fourth-order valence-electron chi connectivity index (χ4n) is 4.15. The van der Waals surface area contributed by atoms with E-state index in [0.717, 1.165) is 30.5 Å². The molecule has 25 heavy (non-hydrogen) atoms. The first-order valence-corrected chi connectivity index (χ1v) is 9.15. The van der Waals surface area contributed by atoms with Crippen LogP contribution in [0.4, 0.5) is 5.82 Å². The van der Waals surface area contributed by atoms with E-state index in [9.17, 15) is 0 Å². The van der Waals surface area contributed by atoms with Crippen LogP contribution in [0.1, 0.15) is 32.4 Å². The Morgan fingerprint density at radius 2 is 2.20 bits per heavy atom. The summed E-state index contributed by atoms with van der Waals surface area (Å²) in [6.07, 6.45) is 2.76. The van der Waals surface area contributed by atoms with Gasteiger partial charge < -0.3 is 20.3 Å². The van der Waals surface area contributed by atoms with Crippen molar-refractivity contribution >= 4 is 11.8 Å². The highest BCUT2D eigenvalue weighted by Gasteiger charge is 2.58.